The van der Waals surface area contributed by atoms with Crippen LogP contribution >= 0.6 is 0 Å². The first kappa shape index (κ1) is 26.9. The molecule has 3 heterocycles. The first-order chi connectivity index (χ1) is 16.8. The molecular formula is C22H25F8N3O3. The molecule has 0 aromatic heterocycles. The summed E-state index contributed by atoms with van der Waals surface area (Å²) in [5.74, 6) is -7.61. The van der Waals surface area contributed by atoms with Gasteiger partial charge in [0, 0.05) is 55.9 Å². The Hall–Kier alpha value is -2.19. The SMILES string of the molecule is O=C(O)C1NC(C(C(F)(F)F)C(F)(F)F)C2CN(Cc3ccc(N4CCOCC4)cc3C(F)F)CC12. The van der Waals surface area contributed by atoms with Crippen LogP contribution in [0.15, 0.2) is 18.2 Å². The van der Waals surface area contributed by atoms with E-state index < -0.39 is 54.6 Å². The molecule has 1 aromatic carbocycles. The third kappa shape index (κ3) is 5.40. The first-order valence-electron chi connectivity index (χ1n) is 11.4. The molecule has 2 N–H and O–H groups in total. The van der Waals surface area contributed by atoms with E-state index in [1.165, 1.54) is 17.0 Å². The minimum atomic E-state index is -5.64. The van der Waals surface area contributed by atoms with Gasteiger partial charge in [-0.3, -0.25) is 9.69 Å². The maximum absolute atomic E-state index is 13.9. The van der Waals surface area contributed by atoms with Gasteiger partial charge in [0.05, 0.1) is 13.2 Å². The van der Waals surface area contributed by atoms with Crippen molar-refractivity contribution in [3.8, 4) is 0 Å². The Morgan fingerprint density at radius 1 is 1.06 bits per heavy atom. The molecule has 1 aromatic rings. The Morgan fingerprint density at radius 2 is 1.67 bits per heavy atom. The van der Waals surface area contributed by atoms with Crippen molar-refractivity contribution < 1.29 is 49.8 Å². The number of carboxylic acids is 1. The monoisotopic (exact) mass is 531 g/mol. The van der Waals surface area contributed by atoms with Crippen LogP contribution in [-0.2, 0) is 16.1 Å². The number of benzene rings is 1. The molecule has 4 rings (SSSR count). The number of ether oxygens (including phenoxy) is 1. The highest BCUT2D eigenvalue weighted by Gasteiger charge is 2.66. The zero-order chi connectivity index (χ0) is 26.4. The molecule has 3 aliphatic rings. The molecule has 0 saturated carbocycles. The van der Waals surface area contributed by atoms with Crippen LogP contribution < -0.4 is 10.2 Å². The average Bonchev–Trinajstić information content (AvgIpc) is 3.32. The summed E-state index contributed by atoms with van der Waals surface area (Å²) in [5.41, 5.74) is 0.453. The van der Waals surface area contributed by atoms with Crippen LogP contribution in [-0.4, -0.2) is 79.8 Å². The summed E-state index contributed by atoms with van der Waals surface area (Å²) in [7, 11) is 0. The fourth-order valence-electron chi connectivity index (χ4n) is 5.64. The number of nitrogens with zero attached hydrogens (tertiary/aromatic N) is 2. The molecule has 0 spiro atoms. The maximum Gasteiger partial charge on any atom is 0.402 e. The molecular weight excluding hydrogens is 506 g/mol. The van der Waals surface area contributed by atoms with Crippen molar-refractivity contribution >= 4 is 11.7 Å². The number of anilines is 1. The Morgan fingerprint density at radius 3 is 2.22 bits per heavy atom. The molecule has 0 aliphatic carbocycles. The summed E-state index contributed by atoms with van der Waals surface area (Å²) in [5, 5.41) is 11.5. The third-order valence-corrected chi connectivity index (χ3v) is 7.21. The number of aliphatic carboxylic acids is 1. The van der Waals surface area contributed by atoms with Crippen LogP contribution in [0, 0.1) is 17.8 Å². The lowest BCUT2D eigenvalue weighted by molar-refractivity contribution is -0.293. The average molecular weight is 531 g/mol. The van der Waals surface area contributed by atoms with Crippen LogP contribution in [0.3, 0.4) is 0 Å². The number of morpholine rings is 1. The van der Waals surface area contributed by atoms with Gasteiger partial charge in [0.25, 0.3) is 6.43 Å². The number of carboxylic acid groups (broad SMARTS) is 1. The zero-order valence-corrected chi connectivity index (χ0v) is 18.8. The van der Waals surface area contributed by atoms with Crippen molar-refractivity contribution in [2.24, 2.45) is 17.8 Å². The van der Waals surface area contributed by atoms with Gasteiger partial charge in [-0.25, -0.2) is 8.78 Å². The van der Waals surface area contributed by atoms with Crippen LogP contribution in [0.1, 0.15) is 17.6 Å². The van der Waals surface area contributed by atoms with Crippen molar-refractivity contribution in [2.45, 2.75) is 37.4 Å². The van der Waals surface area contributed by atoms with E-state index in [1.807, 2.05) is 4.90 Å². The van der Waals surface area contributed by atoms with E-state index in [2.05, 4.69) is 5.32 Å². The standard InChI is InChI=1S/C22H25F8N3O3/c23-19(24)13-7-12(33-3-5-36-6-4-33)2-1-11(13)8-32-9-14-15(10-32)17(20(34)35)31-16(14)18(21(25,26)27)22(28,29)30/h1-2,7,14-19,31H,3-6,8-10H2,(H,34,35). The van der Waals surface area contributed by atoms with Crippen LogP contribution in [0.4, 0.5) is 40.8 Å². The van der Waals surface area contributed by atoms with Gasteiger partial charge in [-0.05, 0) is 23.6 Å². The van der Waals surface area contributed by atoms with Gasteiger partial charge in [-0.1, -0.05) is 6.07 Å². The van der Waals surface area contributed by atoms with E-state index in [0.717, 1.165) is 0 Å². The molecule has 0 amide bonds. The fourth-order valence-corrected chi connectivity index (χ4v) is 5.64. The number of alkyl halides is 8. The van der Waals surface area contributed by atoms with Gasteiger partial charge < -0.3 is 20.1 Å². The highest BCUT2D eigenvalue weighted by Crippen LogP contribution is 2.48. The van der Waals surface area contributed by atoms with Crippen LogP contribution in [0.2, 0.25) is 0 Å². The quantitative estimate of drug-likeness (QED) is 0.547. The number of hydrogen-bond donors (Lipinski definition) is 2. The van der Waals surface area contributed by atoms with Gasteiger partial charge in [-0.15, -0.1) is 0 Å². The minimum Gasteiger partial charge on any atom is -0.480 e. The number of carbonyl (C=O) groups is 1. The molecule has 3 fully saturated rings. The molecule has 6 nitrogen and oxygen atoms in total. The lowest BCUT2D eigenvalue weighted by Crippen LogP contribution is -2.53. The second kappa shape index (κ2) is 9.93. The van der Waals surface area contributed by atoms with E-state index in [0.29, 0.717) is 32.0 Å². The smallest absolute Gasteiger partial charge is 0.402 e. The van der Waals surface area contributed by atoms with Crippen LogP contribution in [0.25, 0.3) is 0 Å². The number of nitrogens with one attached hydrogen (secondary N) is 1. The van der Waals surface area contributed by atoms with Crippen molar-refractivity contribution in [1.82, 2.24) is 10.2 Å². The number of halogens is 8. The summed E-state index contributed by atoms with van der Waals surface area (Å²) < 4.78 is 113. The molecule has 0 bridgehead atoms. The molecule has 4 unspecified atom stereocenters. The number of likely N-dealkylation sites (tertiary alicyclic amines) is 1. The van der Waals surface area contributed by atoms with Crippen molar-refractivity contribution in [2.75, 3.05) is 44.3 Å². The maximum atomic E-state index is 13.9. The zero-order valence-electron chi connectivity index (χ0n) is 18.8. The Bertz CT molecular complexity index is 937. The minimum absolute atomic E-state index is 0.137. The Balaban J connectivity index is 1.57. The highest BCUT2D eigenvalue weighted by molar-refractivity contribution is 5.74. The molecule has 3 aliphatic heterocycles. The van der Waals surface area contributed by atoms with Gasteiger partial charge >= 0.3 is 18.3 Å². The number of rotatable bonds is 6. The Labute approximate surface area is 201 Å². The van der Waals surface area contributed by atoms with Gasteiger partial charge in [0.2, 0.25) is 0 Å². The summed E-state index contributed by atoms with van der Waals surface area (Å²) in [4.78, 5) is 15.0. The number of hydrogen-bond acceptors (Lipinski definition) is 5. The predicted molar refractivity (Wildman–Crippen MR) is 111 cm³/mol. The normalized spacial score (nSPS) is 27.8. The predicted octanol–water partition coefficient (Wildman–Crippen LogP) is 3.67. The largest absolute Gasteiger partial charge is 0.480 e. The molecule has 14 heteroatoms. The van der Waals surface area contributed by atoms with Gasteiger partial charge in [0.15, 0.2) is 5.92 Å². The molecule has 0 radical (unpaired) electrons. The lowest BCUT2D eigenvalue weighted by Gasteiger charge is -2.32. The van der Waals surface area contributed by atoms with E-state index >= 15 is 0 Å². The van der Waals surface area contributed by atoms with Gasteiger partial charge in [-0.2, -0.15) is 26.3 Å². The molecule has 36 heavy (non-hydrogen) atoms. The fraction of sp³-hybridized carbons (Fsp3) is 0.682. The van der Waals surface area contributed by atoms with Crippen molar-refractivity contribution in [3.63, 3.8) is 0 Å². The Kier molecular flexibility index (Phi) is 7.41. The van der Waals surface area contributed by atoms with E-state index in [-0.39, 0.29) is 30.8 Å². The van der Waals surface area contributed by atoms with E-state index in [9.17, 15) is 45.0 Å². The summed E-state index contributed by atoms with van der Waals surface area (Å²) in [6.45, 7) is 1.34. The van der Waals surface area contributed by atoms with Crippen LogP contribution in [0.5, 0.6) is 0 Å². The first-order valence-corrected chi connectivity index (χ1v) is 11.4. The van der Waals surface area contributed by atoms with Crippen molar-refractivity contribution in [3.05, 3.63) is 29.3 Å². The second-order valence-electron chi connectivity index (χ2n) is 9.37. The highest BCUT2D eigenvalue weighted by atomic mass is 19.4. The topological polar surface area (TPSA) is 65.0 Å². The summed E-state index contributed by atoms with van der Waals surface area (Å²) in [6, 6.07) is 0.626. The number of fused-ring (bicyclic) bond motifs is 1. The summed E-state index contributed by atoms with van der Waals surface area (Å²) in [6.07, 6.45) is -14.1. The van der Waals surface area contributed by atoms with Crippen molar-refractivity contribution in [1.29, 1.82) is 0 Å². The molecule has 202 valence electrons. The summed E-state index contributed by atoms with van der Waals surface area (Å²) >= 11 is 0. The van der Waals surface area contributed by atoms with E-state index in [4.69, 9.17) is 4.74 Å². The van der Waals surface area contributed by atoms with E-state index in [1.54, 1.807) is 6.07 Å². The lowest BCUT2D eigenvalue weighted by atomic mass is 9.84. The third-order valence-electron chi connectivity index (χ3n) is 7.21. The molecule has 3 saturated heterocycles. The second-order valence-corrected chi connectivity index (χ2v) is 9.37. The molecule has 4 atom stereocenters. The van der Waals surface area contributed by atoms with Gasteiger partial charge in [0.1, 0.15) is 6.04 Å².